The minimum atomic E-state index is 0.126. The molecule has 0 radical (unpaired) electrons. The molecule has 1 heterocycles. The lowest BCUT2D eigenvalue weighted by atomic mass is 9.70. The first kappa shape index (κ1) is 21.2. The summed E-state index contributed by atoms with van der Waals surface area (Å²) in [6, 6.07) is 6.62. The van der Waals surface area contributed by atoms with E-state index in [2.05, 4.69) is 59.7 Å². The van der Waals surface area contributed by atoms with E-state index in [0.717, 1.165) is 17.9 Å². The van der Waals surface area contributed by atoms with Crippen LogP contribution in [0, 0.1) is 12.3 Å². The first-order valence-corrected chi connectivity index (χ1v) is 9.76. The molecule has 0 fully saturated rings. The Morgan fingerprint density at radius 3 is 2.37 bits per heavy atom. The molecular formula is C23H36N3O+. The molecule has 0 saturated carbocycles. The molecule has 0 bridgehead atoms. The molecule has 1 aromatic carbocycles. The Kier molecular flexibility index (Phi) is 6.18. The Hall–Kier alpha value is -2.10. The normalized spacial score (nSPS) is 13.1. The zero-order valence-electron chi connectivity index (χ0n) is 18.6. The quantitative estimate of drug-likeness (QED) is 0.400. The van der Waals surface area contributed by atoms with E-state index in [0.29, 0.717) is 11.3 Å². The number of aromatic nitrogens is 2. The summed E-state index contributed by atoms with van der Waals surface area (Å²) in [5.74, 6) is 1.55. The maximum absolute atomic E-state index is 5.60. The number of imidazole rings is 1. The minimum absolute atomic E-state index is 0.126. The maximum Gasteiger partial charge on any atom is 0.344 e. The standard InChI is InChI=1S/C23H36N3O/c1-10-22(3,4)16-23(5,6)18-11-12-19(17(2)15-18)24-20(27-9)21-25(7)13-14-26(21)8/h11-15H,10,16H2,1-9H3/q+1. The van der Waals surface area contributed by atoms with Gasteiger partial charge in [-0.15, -0.1) is 0 Å². The fourth-order valence-electron chi connectivity index (χ4n) is 3.81. The molecule has 27 heavy (non-hydrogen) atoms. The topological polar surface area (TPSA) is 30.4 Å². The van der Waals surface area contributed by atoms with Crippen LogP contribution in [0.25, 0.3) is 0 Å². The summed E-state index contributed by atoms with van der Waals surface area (Å²) in [5, 5.41) is 0. The molecule has 4 heteroatoms. The van der Waals surface area contributed by atoms with E-state index in [9.17, 15) is 0 Å². The van der Waals surface area contributed by atoms with Gasteiger partial charge in [0.05, 0.1) is 26.9 Å². The van der Waals surface area contributed by atoms with Crippen LogP contribution >= 0.6 is 0 Å². The molecule has 0 amide bonds. The summed E-state index contributed by atoms with van der Waals surface area (Å²) in [4.78, 5) is 4.81. The third kappa shape index (κ3) is 4.79. The van der Waals surface area contributed by atoms with Crippen LogP contribution in [0.2, 0.25) is 0 Å². The summed E-state index contributed by atoms with van der Waals surface area (Å²) in [6.07, 6.45) is 6.33. The lowest BCUT2D eigenvalue weighted by Gasteiger charge is -2.35. The van der Waals surface area contributed by atoms with E-state index in [1.54, 1.807) is 7.11 Å². The molecule has 0 atom stereocenters. The number of hydrogen-bond acceptors (Lipinski definition) is 2. The summed E-state index contributed by atoms with van der Waals surface area (Å²) < 4.78 is 9.63. The molecule has 0 saturated heterocycles. The Bertz CT molecular complexity index is 809. The molecule has 2 rings (SSSR count). The van der Waals surface area contributed by atoms with Crippen molar-refractivity contribution in [1.82, 2.24) is 4.57 Å². The van der Waals surface area contributed by atoms with Crippen LogP contribution < -0.4 is 4.57 Å². The highest BCUT2D eigenvalue weighted by Crippen LogP contribution is 2.39. The van der Waals surface area contributed by atoms with Gasteiger partial charge in [-0.05, 0) is 41.4 Å². The number of ether oxygens (including phenoxy) is 1. The maximum atomic E-state index is 5.60. The van der Waals surface area contributed by atoms with E-state index in [-0.39, 0.29) is 5.41 Å². The number of aliphatic imine (C=N–C) groups is 1. The number of methoxy groups -OCH3 is 1. The summed E-state index contributed by atoms with van der Waals surface area (Å²) >= 11 is 0. The fourth-order valence-corrected chi connectivity index (χ4v) is 3.81. The van der Waals surface area contributed by atoms with Crippen molar-refractivity contribution in [2.24, 2.45) is 24.5 Å². The van der Waals surface area contributed by atoms with Gasteiger partial charge in [0.2, 0.25) is 0 Å². The van der Waals surface area contributed by atoms with Gasteiger partial charge in [-0.25, -0.2) is 14.1 Å². The van der Waals surface area contributed by atoms with E-state index < -0.39 is 0 Å². The highest BCUT2D eigenvalue weighted by Gasteiger charge is 2.29. The summed E-state index contributed by atoms with van der Waals surface area (Å²) in [7, 11) is 5.67. The highest BCUT2D eigenvalue weighted by atomic mass is 16.5. The van der Waals surface area contributed by atoms with Crippen LogP contribution in [0.5, 0.6) is 0 Å². The molecule has 4 nitrogen and oxygen atoms in total. The van der Waals surface area contributed by atoms with Gasteiger partial charge in [0.1, 0.15) is 12.4 Å². The van der Waals surface area contributed by atoms with Gasteiger partial charge in [0.15, 0.2) is 0 Å². The van der Waals surface area contributed by atoms with Crippen LogP contribution in [0.15, 0.2) is 35.6 Å². The molecule has 0 aliphatic rings. The van der Waals surface area contributed by atoms with E-state index in [1.807, 2.05) is 35.6 Å². The lowest BCUT2D eigenvalue weighted by Crippen LogP contribution is -2.35. The largest absolute Gasteiger partial charge is 0.475 e. The molecule has 148 valence electrons. The second-order valence-corrected chi connectivity index (χ2v) is 9.04. The third-order valence-electron chi connectivity index (χ3n) is 5.64. The Morgan fingerprint density at radius 1 is 1.22 bits per heavy atom. The molecular weight excluding hydrogens is 334 g/mol. The molecule has 2 aromatic rings. The van der Waals surface area contributed by atoms with Gasteiger partial charge < -0.3 is 4.74 Å². The van der Waals surface area contributed by atoms with Crippen molar-refractivity contribution in [2.45, 2.75) is 59.8 Å². The number of nitrogens with zero attached hydrogens (tertiary/aromatic N) is 3. The molecule has 0 aliphatic heterocycles. The van der Waals surface area contributed by atoms with Crippen LogP contribution in [0.4, 0.5) is 5.69 Å². The first-order chi connectivity index (χ1) is 12.5. The van der Waals surface area contributed by atoms with Crippen LogP contribution in [-0.2, 0) is 24.2 Å². The van der Waals surface area contributed by atoms with Gasteiger partial charge in [-0.1, -0.05) is 53.2 Å². The van der Waals surface area contributed by atoms with Crippen LogP contribution in [0.1, 0.15) is 64.4 Å². The predicted octanol–water partition coefficient (Wildman–Crippen LogP) is 4.99. The minimum Gasteiger partial charge on any atom is -0.475 e. The van der Waals surface area contributed by atoms with Crippen molar-refractivity contribution in [3.05, 3.63) is 47.5 Å². The number of hydrogen-bond donors (Lipinski definition) is 0. The van der Waals surface area contributed by atoms with Crippen LogP contribution in [-0.4, -0.2) is 17.6 Å². The zero-order valence-corrected chi connectivity index (χ0v) is 18.6. The third-order valence-corrected chi connectivity index (χ3v) is 5.64. The fraction of sp³-hybridized carbons (Fsp3) is 0.565. The second kappa shape index (κ2) is 7.87. The molecule has 1 aromatic heterocycles. The number of benzene rings is 1. The SMILES string of the molecule is CCC(C)(C)CC(C)(C)c1ccc(N=C(OC)c2n(C)cc[n+]2C)c(C)c1. The molecule has 0 aliphatic carbocycles. The van der Waals surface area contributed by atoms with Gasteiger partial charge in [0.25, 0.3) is 0 Å². The van der Waals surface area contributed by atoms with E-state index in [4.69, 9.17) is 9.73 Å². The lowest BCUT2D eigenvalue weighted by molar-refractivity contribution is -0.672. The smallest absolute Gasteiger partial charge is 0.344 e. The first-order valence-electron chi connectivity index (χ1n) is 9.76. The highest BCUT2D eigenvalue weighted by molar-refractivity contribution is 5.91. The van der Waals surface area contributed by atoms with Crippen molar-refractivity contribution in [3.63, 3.8) is 0 Å². The van der Waals surface area contributed by atoms with E-state index >= 15 is 0 Å². The average molecular weight is 371 g/mol. The number of rotatable bonds is 6. The summed E-state index contributed by atoms with van der Waals surface area (Å²) in [6.45, 7) is 13.8. The van der Waals surface area contributed by atoms with E-state index in [1.165, 1.54) is 17.5 Å². The van der Waals surface area contributed by atoms with Gasteiger partial charge in [0, 0.05) is 0 Å². The Labute approximate surface area is 164 Å². The van der Waals surface area contributed by atoms with Crippen molar-refractivity contribution >= 4 is 11.6 Å². The van der Waals surface area contributed by atoms with Crippen molar-refractivity contribution in [2.75, 3.05) is 7.11 Å². The molecule has 0 N–H and O–H groups in total. The van der Waals surface area contributed by atoms with Gasteiger partial charge >= 0.3 is 11.7 Å². The zero-order chi connectivity index (χ0) is 20.4. The summed E-state index contributed by atoms with van der Waals surface area (Å²) in [5.41, 5.74) is 3.94. The molecule has 0 unspecified atom stereocenters. The van der Waals surface area contributed by atoms with Gasteiger partial charge in [-0.3, -0.25) is 0 Å². The van der Waals surface area contributed by atoms with Crippen molar-refractivity contribution in [3.8, 4) is 0 Å². The second-order valence-electron chi connectivity index (χ2n) is 9.04. The monoisotopic (exact) mass is 370 g/mol. The number of aryl methyl sites for hydroxylation is 3. The Balaban J connectivity index is 2.39. The Morgan fingerprint density at radius 2 is 1.89 bits per heavy atom. The van der Waals surface area contributed by atoms with Gasteiger partial charge in [-0.2, -0.15) is 0 Å². The van der Waals surface area contributed by atoms with Crippen LogP contribution in [0.3, 0.4) is 0 Å². The average Bonchev–Trinajstić information content (AvgIpc) is 2.92. The van der Waals surface area contributed by atoms with Crippen molar-refractivity contribution in [1.29, 1.82) is 0 Å². The predicted molar refractivity (Wildman–Crippen MR) is 113 cm³/mol. The molecule has 0 spiro atoms. The van der Waals surface area contributed by atoms with Crippen molar-refractivity contribution < 1.29 is 9.30 Å².